The van der Waals surface area contributed by atoms with E-state index in [-0.39, 0.29) is 0 Å². The monoisotopic (exact) mass is 409 g/mol. The standard InChI is InChI=1S/C21H27N7O2/c1-29-20-14-17(15-23-8-9-27-10-12-30-13-11-27)2-3-18(20)19-4-5-25-28(19)26-21-16-22-6-7-24-21/h2-7,14,16,23H,8-13,15H2,1H3,(H,24,26). The lowest BCUT2D eigenvalue weighted by Gasteiger charge is -2.26. The summed E-state index contributed by atoms with van der Waals surface area (Å²) in [5.74, 6) is 1.41. The maximum Gasteiger partial charge on any atom is 0.164 e. The van der Waals surface area contributed by atoms with Gasteiger partial charge in [0.2, 0.25) is 0 Å². The molecule has 0 aliphatic carbocycles. The Bertz CT molecular complexity index is 926. The van der Waals surface area contributed by atoms with Crippen molar-refractivity contribution in [1.82, 2.24) is 30.1 Å². The minimum Gasteiger partial charge on any atom is -0.496 e. The number of hydrogen-bond donors (Lipinski definition) is 2. The Morgan fingerprint density at radius 3 is 2.83 bits per heavy atom. The maximum absolute atomic E-state index is 5.67. The lowest BCUT2D eigenvalue weighted by molar-refractivity contribution is 0.0384. The molecule has 0 amide bonds. The quantitative estimate of drug-likeness (QED) is 0.516. The highest BCUT2D eigenvalue weighted by molar-refractivity contribution is 5.68. The van der Waals surface area contributed by atoms with E-state index in [1.807, 2.05) is 6.07 Å². The Morgan fingerprint density at radius 2 is 2.03 bits per heavy atom. The van der Waals surface area contributed by atoms with Gasteiger partial charge in [-0.1, -0.05) is 6.07 Å². The molecule has 30 heavy (non-hydrogen) atoms. The van der Waals surface area contributed by atoms with Gasteiger partial charge in [-0.2, -0.15) is 9.89 Å². The third-order valence-corrected chi connectivity index (χ3v) is 5.01. The number of ether oxygens (including phenoxy) is 2. The molecule has 0 bridgehead atoms. The fourth-order valence-corrected chi connectivity index (χ4v) is 3.41. The molecule has 2 N–H and O–H groups in total. The van der Waals surface area contributed by atoms with Crippen LogP contribution >= 0.6 is 0 Å². The summed E-state index contributed by atoms with van der Waals surface area (Å²) in [6.45, 7) is 6.46. The molecule has 1 saturated heterocycles. The summed E-state index contributed by atoms with van der Waals surface area (Å²) in [5.41, 5.74) is 6.14. The highest BCUT2D eigenvalue weighted by Gasteiger charge is 2.13. The first-order valence-electron chi connectivity index (χ1n) is 10.1. The molecule has 3 aromatic rings. The van der Waals surface area contributed by atoms with Gasteiger partial charge >= 0.3 is 0 Å². The van der Waals surface area contributed by atoms with Crippen LogP contribution in [0.15, 0.2) is 49.1 Å². The molecule has 2 aromatic heterocycles. The van der Waals surface area contributed by atoms with Gasteiger partial charge in [0.25, 0.3) is 0 Å². The minimum atomic E-state index is 0.613. The van der Waals surface area contributed by atoms with Gasteiger partial charge in [0.1, 0.15) is 5.75 Å². The predicted octanol–water partition coefficient (Wildman–Crippen LogP) is 1.65. The van der Waals surface area contributed by atoms with Crippen molar-refractivity contribution in [1.29, 1.82) is 0 Å². The van der Waals surface area contributed by atoms with Crippen molar-refractivity contribution in [3.05, 3.63) is 54.6 Å². The number of morpholine rings is 1. The Morgan fingerprint density at radius 1 is 1.13 bits per heavy atom. The number of nitrogens with zero attached hydrogens (tertiary/aromatic N) is 5. The van der Waals surface area contributed by atoms with E-state index in [1.165, 1.54) is 5.56 Å². The number of anilines is 1. The molecule has 158 valence electrons. The van der Waals surface area contributed by atoms with Gasteiger partial charge in [0.05, 0.1) is 38.4 Å². The SMILES string of the molecule is COc1cc(CNCCN2CCOCC2)ccc1-c1ccnn1Nc1cnccn1. The van der Waals surface area contributed by atoms with Gasteiger partial charge in [-0.05, 0) is 23.8 Å². The lowest BCUT2D eigenvalue weighted by Crippen LogP contribution is -2.40. The highest BCUT2D eigenvalue weighted by atomic mass is 16.5. The van der Waals surface area contributed by atoms with Crippen molar-refractivity contribution in [3.63, 3.8) is 0 Å². The molecule has 1 aliphatic heterocycles. The van der Waals surface area contributed by atoms with Crippen molar-refractivity contribution in [2.24, 2.45) is 0 Å². The van der Waals surface area contributed by atoms with Crippen LogP contribution in [0.5, 0.6) is 5.75 Å². The molecule has 0 atom stereocenters. The molecule has 0 saturated carbocycles. The first-order valence-corrected chi connectivity index (χ1v) is 10.1. The van der Waals surface area contributed by atoms with E-state index < -0.39 is 0 Å². The van der Waals surface area contributed by atoms with E-state index in [9.17, 15) is 0 Å². The average Bonchev–Trinajstić information content (AvgIpc) is 3.26. The zero-order chi connectivity index (χ0) is 20.6. The maximum atomic E-state index is 5.67. The van der Waals surface area contributed by atoms with Crippen LogP contribution in [-0.4, -0.2) is 71.3 Å². The molecule has 3 heterocycles. The number of rotatable bonds is 9. The normalized spacial score (nSPS) is 14.6. The molecule has 0 unspecified atom stereocenters. The molecular weight excluding hydrogens is 382 g/mol. The van der Waals surface area contributed by atoms with Crippen molar-refractivity contribution in [2.45, 2.75) is 6.54 Å². The number of aromatic nitrogens is 4. The molecule has 0 radical (unpaired) electrons. The van der Waals surface area contributed by atoms with E-state index in [0.717, 1.165) is 62.9 Å². The summed E-state index contributed by atoms with van der Waals surface area (Å²) in [6.07, 6.45) is 6.65. The predicted molar refractivity (Wildman–Crippen MR) is 114 cm³/mol. The molecule has 1 aliphatic rings. The first kappa shape index (κ1) is 20.3. The van der Waals surface area contributed by atoms with E-state index in [4.69, 9.17) is 9.47 Å². The zero-order valence-electron chi connectivity index (χ0n) is 17.1. The topological polar surface area (TPSA) is 89.4 Å². The molecule has 1 fully saturated rings. The van der Waals surface area contributed by atoms with Crippen LogP contribution in [0.25, 0.3) is 11.3 Å². The van der Waals surface area contributed by atoms with Crippen LogP contribution in [0.3, 0.4) is 0 Å². The Kier molecular flexibility index (Phi) is 6.86. The van der Waals surface area contributed by atoms with Gasteiger partial charge in [-0.25, -0.2) is 4.98 Å². The number of benzene rings is 1. The van der Waals surface area contributed by atoms with E-state index in [1.54, 1.807) is 36.7 Å². The van der Waals surface area contributed by atoms with Crippen molar-refractivity contribution < 1.29 is 9.47 Å². The van der Waals surface area contributed by atoms with E-state index in [2.05, 4.69) is 48.9 Å². The highest BCUT2D eigenvalue weighted by Crippen LogP contribution is 2.30. The molecule has 9 heteroatoms. The summed E-state index contributed by atoms with van der Waals surface area (Å²) >= 11 is 0. The number of hydrogen-bond acceptors (Lipinski definition) is 8. The summed E-state index contributed by atoms with van der Waals surface area (Å²) < 4.78 is 11.1. The van der Waals surface area contributed by atoms with Crippen molar-refractivity contribution >= 4 is 5.82 Å². The molecule has 4 rings (SSSR count). The van der Waals surface area contributed by atoms with Crippen molar-refractivity contribution in [2.75, 3.05) is 51.9 Å². The summed E-state index contributed by atoms with van der Waals surface area (Å²) in [6, 6.07) is 8.17. The van der Waals surface area contributed by atoms with E-state index >= 15 is 0 Å². The van der Waals surface area contributed by atoms with Crippen LogP contribution < -0.4 is 15.5 Å². The lowest BCUT2D eigenvalue weighted by atomic mass is 10.1. The number of nitrogens with one attached hydrogen (secondary N) is 2. The Hall–Kier alpha value is -3.01. The van der Waals surface area contributed by atoms with Crippen LogP contribution in [0.4, 0.5) is 5.82 Å². The average molecular weight is 409 g/mol. The van der Waals surface area contributed by atoms with Gasteiger partial charge < -0.3 is 14.8 Å². The van der Waals surface area contributed by atoms with Gasteiger partial charge in [0.15, 0.2) is 5.82 Å². The molecule has 1 aromatic carbocycles. The van der Waals surface area contributed by atoms with Crippen molar-refractivity contribution in [3.8, 4) is 17.0 Å². The minimum absolute atomic E-state index is 0.613. The summed E-state index contributed by atoms with van der Waals surface area (Å²) in [4.78, 5) is 12.4. The van der Waals surface area contributed by atoms with Crippen LogP contribution in [0, 0.1) is 0 Å². The van der Waals surface area contributed by atoms with Gasteiger partial charge in [0, 0.05) is 50.7 Å². The molecular formula is C21H27N7O2. The van der Waals surface area contributed by atoms with E-state index in [0.29, 0.717) is 5.82 Å². The number of methoxy groups -OCH3 is 1. The first-order chi connectivity index (χ1) is 14.8. The van der Waals surface area contributed by atoms with Crippen LogP contribution in [0.2, 0.25) is 0 Å². The molecule has 0 spiro atoms. The third-order valence-electron chi connectivity index (χ3n) is 5.01. The second-order valence-corrected chi connectivity index (χ2v) is 7.00. The van der Waals surface area contributed by atoms with Crippen LogP contribution in [-0.2, 0) is 11.3 Å². The fourth-order valence-electron chi connectivity index (χ4n) is 3.41. The largest absolute Gasteiger partial charge is 0.496 e. The fraction of sp³-hybridized carbons (Fsp3) is 0.381. The zero-order valence-corrected chi connectivity index (χ0v) is 17.1. The Balaban J connectivity index is 1.40. The summed E-state index contributed by atoms with van der Waals surface area (Å²) in [7, 11) is 1.69. The second kappa shape index (κ2) is 10.1. The third kappa shape index (κ3) is 5.12. The Labute approximate surface area is 176 Å². The van der Waals surface area contributed by atoms with Gasteiger partial charge in [-0.15, -0.1) is 0 Å². The smallest absolute Gasteiger partial charge is 0.164 e. The summed E-state index contributed by atoms with van der Waals surface area (Å²) in [5, 5.41) is 7.86. The molecule has 9 nitrogen and oxygen atoms in total. The van der Waals surface area contributed by atoms with Gasteiger partial charge in [-0.3, -0.25) is 15.3 Å². The van der Waals surface area contributed by atoms with Crippen LogP contribution in [0.1, 0.15) is 5.56 Å². The second-order valence-electron chi connectivity index (χ2n) is 7.00.